The molecule has 0 saturated carbocycles. The third-order valence-electron chi connectivity index (χ3n) is 2.51. The van der Waals surface area contributed by atoms with Crippen LogP contribution in [0.1, 0.15) is 10.4 Å². The standard InChI is InChI=1S/C10H12ClN3O2/c11-8-6-13-9(5-7(8)10(15)16)14-3-1-12-2-4-14/h5-6,12H,1-4H2,(H,15,16). The highest BCUT2D eigenvalue weighted by atomic mass is 35.5. The summed E-state index contributed by atoms with van der Waals surface area (Å²) >= 11 is 5.76. The molecule has 0 aromatic carbocycles. The quantitative estimate of drug-likeness (QED) is 0.804. The van der Waals surface area contributed by atoms with Crippen molar-refractivity contribution in [2.45, 2.75) is 0 Å². The molecule has 2 heterocycles. The highest BCUT2D eigenvalue weighted by Crippen LogP contribution is 2.20. The number of nitrogens with zero attached hydrogens (tertiary/aromatic N) is 2. The average molecular weight is 242 g/mol. The van der Waals surface area contributed by atoms with Gasteiger partial charge in [0.2, 0.25) is 0 Å². The van der Waals surface area contributed by atoms with Crippen LogP contribution in [0.5, 0.6) is 0 Å². The molecule has 1 aromatic heterocycles. The zero-order valence-corrected chi connectivity index (χ0v) is 9.37. The Hall–Kier alpha value is -1.33. The van der Waals surface area contributed by atoms with Gasteiger partial charge in [0.25, 0.3) is 0 Å². The van der Waals surface area contributed by atoms with Crippen LogP contribution in [0.2, 0.25) is 5.02 Å². The van der Waals surface area contributed by atoms with Crippen LogP contribution < -0.4 is 10.2 Å². The van der Waals surface area contributed by atoms with Crippen LogP contribution in [0, 0.1) is 0 Å². The maximum Gasteiger partial charge on any atom is 0.337 e. The number of carbonyl (C=O) groups is 1. The average Bonchev–Trinajstić information content (AvgIpc) is 2.30. The van der Waals surface area contributed by atoms with Gasteiger partial charge >= 0.3 is 5.97 Å². The minimum absolute atomic E-state index is 0.102. The van der Waals surface area contributed by atoms with E-state index in [9.17, 15) is 4.79 Å². The number of halogens is 1. The number of carboxylic acids is 1. The van der Waals surface area contributed by atoms with Crippen molar-refractivity contribution in [3.63, 3.8) is 0 Å². The molecule has 1 fully saturated rings. The lowest BCUT2D eigenvalue weighted by atomic mass is 10.2. The number of hydrogen-bond donors (Lipinski definition) is 2. The third-order valence-corrected chi connectivity index (χ3v) is 2.81. The van der Waals surface area contributed by atoms with Crippen molar-refractivity contribution < 1.29 is 9.90 Å². The van der Waals surface area contributed by atoms with Crippen molar-refractivity contribution in [3.8, 4) is 0 Å². The predicted molar refractivity (Wildman–Crippen MR) is 61.3 cm³/mol. The Labute approximate surface area is 98.0 Å². The molecule has 0 radical (unpaired) electrons. The summed E-state index contributed by atoms with van der Waals surface area (Å²) in [6.07, 6.45) is 1.39. The lowest BCUT2D eigenvalue weighted by Gasteiger charge is -2.28. The van der Waals surface area contributed by atoms with Gasteiger partial charge in [0.15, 0.2) is 0 Å². The van der Waals surface area contributed by atoms with Gasteiger partial charge in [-0.1, -0.05) is 11.6 Å². The van der Waals surface area contributed by atoms with Gasteiger partial charge in [-0.25, -0.2) is 9.78 Å². The highest BCUT2D eigenvalue weighted by Gasteiger charge is 2.15. The van der Waals surface area contributed by atoms with Crippen LogP contribution >= 0.6 is 11.6 Å². The van der Waals surface area contributed by atoms with E-state index in [1.165, 1.54) is 12.3 Å². The van der Waals surface area contributed by atoms with Gasteiger partial charge in [0.1, 0.15) is 5.82 Å². The molecule has 1 aliphatic heterocycles. The van der Waals surface area contributed by atoms with E-state index in [0.717, 1.165) is 26.2 Å². The topological polar surface area (TPSA) is 65.5 Å². The van der Waals surface area contributed by atoms with E-state index in [1.807, 2.05) is 4.90 Å². The summed E-state index contributed by atoms with van der Waals surface area (Å²) in [6.45, 7) is 3.42. The molecule has 0 spiro atoms. The van der Waals surface area contributed by atoms with E-state index >= 15 is 0 Å². The number of rotatable bonds is 2. The number of aromatic carboxylic acids is 1. The number of hydrogen-bond acceptors (Lipinski definition) is 4. The van der Waals surface area contributed by atoms with Crippen molar-refractivity contribution in [1.29, 1.82) is 0 Å². The predicted octanol–water partition coefficient (Wildman–Crippen LogP) is 0.843. The first-order valence-corrected chi connectivity index (χ1v) is 5.41. The molecule has 0 unspecified atom stereocenters. The number of piperazine rings is 1. The largest absolute Gasteiger partial charge is 0.478 e. The van der Waals surface area contributed by atoms with Crippen LogP contribution in [-0.4, -0.2) is 42.2 Å². The van der Waals surface area contributed by atoms with Crippen molar-refractivity contribution in [2.24, 2.45) is 0 Å². The van der Waals surface area contributed by atoms with Crippen LogP contribution in [0.15, 0.2) is 12.3 Å². The number of pyridine rings is 1. The Morgan fingerprint density at radius 1 is 1.50 bits per heavy atom. The minimum atomic E-state index is -1.02. The second-order valence-electron chi connectivity index (χ2n) is 3.56. The van der Waals surface area contributed by atoms with Gasteiger partial charge in [-0.15, -0.1) is 0 Å². The zero-order valence-electron chi connectivity index (χ0n) is 8.61. The van der Waals surface area contributed by atoms with E-state index in [4.69, 9.17) is 16.7 Å². The molecule has 1 aromatic rings. The molecule has 1 aliphatic rings. The van der Waals surface area contributed by atoms with Crippen LogP contribution in [0.4, 0.5) is 5.82 Å². The molecule has 1 saturated heterocycles. The Kier molecular flexibility index (Phi) is 3.26. The number of anilines is 1. The summed E-state index contributed by atoms with van der Waals surface area (Å²) in [5, 5.41) is 12.3. The van der Waals surface area contributed by atoms with Crippen LogP contribution in [0.3, 0.4) is 0 Å². The number of carboxylic acid groups (broad SMARTS) is 1. The van der Waals surface area contributed by atoms with Crippen molar-refractivity contribution in [2.75, 3.05) is 31.1 Å². The fourth-order valence-electron chi connectivity index (χ4n) is 1.66. The van der Waals surface area contributed by atoms with Crippen molar-refractivity contribution in [1.82, 2.24) is 10.3 Å². The number of aromatic nitrogens is 1. The minimum Gasteiger partial charge on any atom is -0.478 e. The number of nitrogens with one attached hydrogen (secondary N) is 1. The SMILES string of the molecule is O=C(O)c1cc(N2CCNCC2)ncc1Cl. The molecule has 16 heavy (non-hydrogen) atoms. The lowest BCUT2D eigenvalue weighted by Crippen LogP contribution is -2.43. The maximum atomic E-state index is 10.9. The van der Waals surface area contributed by atoms with Crippen molar-refractivity contribution in [3.05, 3.63) is 22.8 Å². The zero-order chi connectivity index (χ0) is 11.5. The summed E-state index contributed by atoms with van der Waals surface area (Å²) in [6, 6.07) is 1.52. The van der Waals surface area contributed by atoms with E-state index < -0.39 is 5.97 Å². The van der Waals surface area contributed by atoms with Gasteiger partial charge in [0, 0.05) is 32.4 Å². The summed E-state index contributed by atoms with van der Waals surface area (Å²) in [7, 11) is 0. The van der Waals surface area contributed by atoms with E-state index in [2.05, 4.69) is 10.3 Å². The molecule has 2 N–H and O–H groups in total. The molecule has 0 atom stereocenters. The first kappa shape index (κ1) is 11.2. The maximum absolute atomic E-state index is 10.9. The van der Waals surface area contributed by atoms with Gasteiger partial charge in [-0.2, -0.15) is 0 Å². The Balaban J connectivity index is 2.27. The fourth-order valence-corrected chi connectivity index (χ4v) is 1.84. The summed E-state index contributed by atoms with van der Waals surface area (Å²) in [5.41, 5.74) is 0.102. The first-order valence-electron chi connectivity index (χ1n) is 5.03. The third kappa shape index (κ3) is 2.25. The summed E-state index contributed by atoms with van der Waals surface area (Å²) < 4.78 is 0. The molecule has 0 bridgehead atoms. The molecular weight excluding hydrogens is 230 g/mol. The lowest BCUT2D eigenvalue weighted by molar-refractivity contribution is 0.0697. The van der Waals surface area contributed by atoms with Gasteiger partial charge < -0.3 is 15.3 Å². The van der Waals surface area contributed by atoms with E-state index in [1.54, 1.807) is 0 Å². The summed E-state index contributed by atoms with van der Waals surface area (Å²) in [5.74, 6) is -0.355. The van der Waals surface area contributed by atoms with Gasteiger partial charge in [-0.05, 0) is 6.07 Å². The molecule has 2 rings (SSSR count). The van der Waals surface area contributed by atoms with Crippen LogP contribution in [0.25, 0.3) is 0 Å². The Morgan fingerprint density at radius 2 is 2.19 bits per heavy atom. The molecular formula is C10H12ClN3O2. The molecule has 5 nitrogen and oxygen atoms in total. The second-order valence-corrected chi connectivity index (χ2v) is 3.97. The Morgan fingerprint density at radius 3 is 2.81 bits per heavy atom. The molecule has 0 amide bonds. The van der Waals surface area contributed by atoms with E-state index in [0.29, 0.717) is 5.82 Å². The van der Waals surface area contributed by atoms with Gasteiger partial charge in [-0.3, -0.25) is 0 Å². The first-order chi connectivity index (χ1) is 7.68. The smallest absolute Gasteiger partial charge is 0.337 e. The van der Waals surface area contributed by atoms with Crippen LogP contribution in [-0.2, 0) is 0 Å². The summed E-state index contributed by atoms with van der Waals surface area (Å²) in [4.78, 5) is 17.1. The normalized spacial score (nSPS) is 16.2. The van der Waals surface area contributed by atoms with Gasteiger partial charge in [0.05, 0.1) is 10.6 Å². The Bertz CT molecular complexity index is 405. The highest BCUT2D eigenvalue weighted by molar-refractivity contribution is 6.33. The second kappa shape index (κ2) is 4.67. The van der Waals surface area contributed by atoms with Crippen molar-refractivity contribution >= 4 is 23.4 Å². The fraction of sp³-hybridized carbons (Fsp3) is 0.400. The molecule has 0 aliphatic carbocycles. The molecule has 86 valence electrons. The monoisotopic (exact) mass is 241 g/mol. The molecule has 6 heteroatoms. The van der Waals surface area contributed by atoms with E-state index in [-0.39, 0.29) is 10.6 Å².